The summed E-state index contributed by atoms with van der Waals surface area (Å²) < 4.78 is 41.7. The lowest BCUT2D eigenvalue weighted by atomic mass is 9.68. The number of ether oxygens (including phenoxy) is 2. The first kappa shape index (κ1) is 35.3. The van der Waals surface area contributed by atoms with Crippen molar-refractivity contribution in [2.75, 3.05) is 37.0 Å². The van der Waals surface area contributed by atoms with Gasteiger partial charge >= 0.3 is 0 Å². The second-order valence-electron chi connectivity index (χ2n) is 14.4. The molecule has 0 unspecified atom stereocenters. The van der Waals surface area contributed by atoms with Crippen molar-refractivity contribution in [1.82, 2.24) is 4.72 Å². The molecule has 3 aromatic carbocycles. The predicted molar refractivity (Wildman–Crippen MR) is 197 cm³/mol. The van der Waals surface area contributed by atoms with Crippen LogP contribution in [0.3, 0.4) is 0 Å². The lowest BCUT2D eigenvalue weighted by molar-refractivity contribution is -0.116. The molecule has 1 saturated carbocycles. The Morgan fingerprint density at radius 3 is 2.80 bits per heavy atom. The number of sulfonamides is 1. The number of halogens is 1. The number of hydrogen-bond acceptors (Lipinski definition) is 8. The number of hydrogen-bond donors (Lipinski definition) is 3. The first-order valence-corrected chi connectivity index (χ1v) is 19.6. The smallest absolute Gasteiger partial charge is 0.264 e. The molecule has 2 aliphatic heterocycles. The molecule has 7 rings (SSSR count). The number of nitrogens with zero attached hydrogens (tertiary/aromatic N) is 1. The molecule has 1 spiro atoms. The molecule has 3 aromatic rings. The van der Waals surface area contributed by atoms with Crippen molar-refractivity contribution < 1.29 is 32.6 Å². The molecule has 3 N–H and O–H groups in total. The lowest BCUT2D eigenvalue weighted by Gasteiger charge is -2.45. The van der Waals surface area contributed by atoms with Gasteiger partial charge in [0.25, 0.3) is 5.91 Å². The van der Waals surface area contributed by atoms with Crippen molar-refractivity contribution >= 4 is 44.8 Å². The first-order chi connectivity index (χ1) is 24.5. The normalized spacial score (nSPS) is 27.7. The van der Waals surface area contributed by atoms with Gasteiger partial charge in [0.2, 0.25) is 15.9 Å². The Morgan fingerprint density at radius 2 is 2.00 bits per heavy atom. The third kappa shape index (κ3) is 7.47. The van der Waals surface area contributed by atoms with E-state index in [2.05, 4.69) is 21.0 Å². The third-order valence-electron chi connectivity index (χ3n) is 11.1. The molecule has 2 aliphatic carbocycles. The van der Waals surface area contributed by atoms with Crippen LogP contribution in [0.5, 0.6) is 11.5 Å². The summed E-state index contributed by atoms with van der Waals surface area (Å²) in [4.78, 5) is 29.2. The van der Waals surface area contributed by atoms with Crippen molar-refractivity contribution in [3.8, 4) is 11.5 Å². The molecule has 51 heavy (non-hydrogen) atoms. The van der Waals surface area contributed by atoms with Gasteiger partial charge in [0.1, 0.15) is 11.5 Å². The predicted octanol–water partition coefficient (Wildman–Crippen LogP) is 6.02. The third-order valence-corrected chi connectivity index (χ3v) is 13.1. The SMILES string of the molecule is COc1cccc(NC(=O)C[C@@H]2CC/C=C/[C@H](O)[C@@H]3CC[C@H]3CN3C[C@@]4(CCCc5cc(Cl)ccc54)COc4ccc(cc43)C(=O)NS2(=O)=O)c1. The molecule has 2 bridgehead atoms. The zero-order chi connectivity index (χ0) is 35.8. The van der Waals surface area contributed by atoms with Gasteiger partial charge in [0, 0.05) is 47.3 Å². The lowest BCUT2D eigenvalue weighted by Crippen LogP contribution is -2.49. The van der Waals surface area contributed by atoms with Gasteiger partial charge < -0.3 is 24.8 Å². The van der Waals surface area contributed by atoms with Crippen LogP contribution < -0.4 is 24.4 Å². The van der Waals surface area contributed by atoms with Gasteiger partial charge in [-0.3, -0.25) is 9.59 Å². The van der Waals surface area contributed by atoms with Gasteiger partial charge in [-0.1, -0.05) is 35.9 Å². The molecule has 0 radical (unpaired) electrons. The van der Waals surface area contributed by atoms with Gasteiger partial charge in [-0.2, -0.15) is 0 Å². The number of allylic oxidation sites excluding steroid dienone is 1. The molecule has 12 heteroatoms. The quantitative estimate of drug-likeness (QED) is 0.278. The fourth-order valence-electron chi connectivity index (χ4n) is 8.23. The molecule has 270 valence electrons. The number of aliphatic hydroxyl groups excluding tert-OH is 1. The van der Waals surface area contributed by atoms with E-state index in [9.17, 15) is 23.1 Å². The minimum Gasteiger partial charge on any atom is -0.497 e. The van der Waals surface area contributed by atoms with Gasteiger partial charge in [-0.15, -0.1) is 0 Å². The largest absolute Gasteiger partial charge is 0.497 e. The number of anilines is 2. The number of aliphatic hydroxyl groups is 1. The molecule has 2 amide bonds. The topological polar surface area (TPSA) is 134 Å². The van der Waals surface area contributed by atoms with E-state index in [0.717, 1.165) is 37.8 Å². The molecular formula is C39H44ClN3O7S. The molecule has 5 atom stereocenters. The van der Waals surface area contributed by atoms with Crippen LogP contribution in [0.15, 0.2) is 72.8 Å². The molecular weight excluding hydrogens is 690 g/mol. The molecule has 4 aliphatic rings. The van der Waals surface area contributed by atoms with E-state index in [0.29, 0.717) is 48.3 Å². The Labute approximate surface area is 304 Å². The highest BCUT2D eigenvalue weighted by molar-refractivity contribution is 7.90. The maximum absolute atomic E-state index is 13.8. The maximum Gasteiger partial charge on any atom is 0.264 e. The van der Waals surface area contributed by atoms with Crippen molar-refractivity contribution in [3.63, 3.8) is 0 Å². The van der Waals surface area contributed by atoms with Crippen LogP contribution >= 0.6 is 11.6 Å². The standard InChI is InChI=1S/C39H44ClN3O7S/c1-49-30-8-4-7-29(20-30)41-37(45)21-31-9-2-3-10-35(44)32-14-11-27(32)22-43-23-39(17-5-6-25-18-28(40)13-15-33(25)39)24-50-36-16-12-26(19-34(36)43)38(46)42-51(31,47)48/h3-4,7-8,10,12-13,15-16,18-20,27,31-32,35,44H,2,5-6,9,11,14,17,21-24H2,1H3,(H,41,45)(H,42,46)/b10-3+/t27-,31-,32+,35-,39-/m0/s1. The Bertz CT molecular complexity index is 1950. The van der Waals surface area contributed by atoms with Gasteiger partial charge in [0.15, 0.2) is 0 Å². The van der Waals surface area contributed by atoms with Crippen molar-refractivity contribution in [1.29, 1.82) is 0 Å². The monoisotopic (exact) mass is 733 g/mol. The first-order valence-electron chi connectivity index (χ1n) is 17.7. The molecule has 2 heterocycles. The minimum absolute atomic E-state index is 0.0369. The van der Waals surface area contributed by atoms with E-state index >= 15 is 0 Å². The highest BCUT2D eigenvalue weighted by atomic mass is 35.5. The number of methoxy groups -OCH3 is 1. The Hall–Kier alpha value is -4.06. The number of benzene rings is 3. The van der Waals surface area contributed by atoms with Crippen LogP contribution in [0.1, 0.15) is 66.4 Å². The summed E-state index contributed by atoms with van der Waals surface area (Å²) in [5, 5.41) is 13.5. The summed E-state index contributed by atoms with van der Waals surface area (Å²) in [6.07, 6.45) is 7.54. The Kier molecular flexibility index (Phi) is 10.1. The maximum atomic E-state index is 13.8. The second kappa shape index (κ2) is 14.5. The van der Waals surface area contributed by atoms with Gasteiger partial charge in [-0.25, -0.2) is 13.1 Å². The average Bonchev–Trinajstić information content (AvgIpc) is 3.24. The average molecular weight is 734 g/mol. The van der Waals surface area contributed by atoms with Crippen molar-refractivity contribution in [3.05, 3.63) is 94.5 Å². The van der Waals surface area contributed by atoms with E-state index in [4.69, 9.17) is 21.1 Å². The highest BCUT2D eigenvalue weighted by Crippen LogP contribution is 2.46. The number of carbonyl (C=O) groups excluding carboxylic acids is 2. The zero-order valence-corrected chi connectivity index (χ0v) is 30.2. The number of carbonyl (C=O) groups is 2. The summed E-state index contributed by atoms with van der Waals surface area (Å²) in [5.41, 5.74) is 3.48. The Morgan fingerprint density at radius 1 is 1.14 bits per heavy atom. The minimum atomic E-state index is -4.31. The summed E-state index contributed by atoms with van der Waals surface area (Å²) in [5.74, 6) is 0.127. The number of rotatable bonds is 4. The molecule has 0 aromatic heterocycles. The van der Waals surface area contributed by atoms with Crippen LogP contribution in [0.2, 0.25) is 5.02 Å². The summed E-state index contributed by atoms with van der Waals surface area (Å²) in [6.45, 7) is 1.74. The summed E-state index contributed by atoms with van der Waals surface area (Å²) in [7, 11) is -2.79. The number of nitrogens with one attached hydrogen (secondary N) is 2. The van der Waals surface area contributed by atoms with E-state index in [1.807, 2.05) is 12.1 Å². The van der Waals surface area contributed by atoms with E-state index < -0.39 is 33.2 Å². The van der Waals surface area contributed by atoms with E-state index in [1.165, 1.54) is 18.2 Å². The van der Waals surface area contributed by atoms with Crippen LogP contribution in [-0.4, -0.2) is 63.5 Å². The molecule has 1 fully saturated rings. The number of fused-ring (bicyclic) bond motifs is 4. The highest BCUT2D eigenvalue weighted by Gasteiger charge is 2.44. The fraction of sp³-hybridized carbons (Fsp3) is 0.436. The second-order valence-corrected chi connectivity index (χ2v) is 16.8. The van der Waals surface area contributed by atoms with Gasteiger partial charge in [-0.05, 0) is 110 Å². The van der Waals surface area contributed by atoms with Crippen LogP contribution in [0.4, 0.5) is 11.4 Å². The van der Waals surface area contributed by atoms with Crippen LogP contribution in [0, 0.1) is 11.8 Å². The number of amides is 2. The van der Waals surface area contributed by atoms with E-state index in [-0.39, 0.29) is 35.7 Å². The van der Waals surface area contributed by atoms with Crippen LogP contribution in [0.25, 0.3) is 0 Å². The molecule has 10 nitrogen and oxygen atoms in total. The molecule has 0 saturated heterocycles. The van der Waals surface area contributed by atoms with Crippen LogP contribution in [-0.2, 0) is 26.7 Å². The number of aryl methyl sites for hydroxylation is 1. The van der Waals surface area contributed by atoms with E-state index in [1.54, 1.807) is 54.6 Å². The van der Waals surface area contributed by atoms with Gasteiger partial charge in [0.05, 0.1) is 30.8 Å². The summed E-state index contributed by atoms with van der Waals surface area (Å²) in [6, 6.07) is 17.9. The zero-order valence-electron chi connectivity index (χ0n) is 28.6. The van der Waals surface area contributed by atoms with Crippen molar-refractivity contribution in [2.24, 2.45) is 11.8 Å². The summed E-state index contributed by atoms with van der Waals surface area (Å²) >= 11 is 6.41. The fourth-order valence-corrected chi connectivity index (χ4v) is 9.78. The van der Waals surface area contributed by atoms with Crippen molar-refractivity contribution in [2.45, 2.75) is 68.1 Å². The Balaban J connectivity index is 1.20.